The summed E-state index contributed by atoms with van der Waals surface area (Å²) >= 11 is 0. The minimum atomic E-state index is -0.559. The Hall–Kier alpha value is -1.65. The Morgan fingerprint density at radius 3 is 2.67 bits per heavy atom. The number of anilines is 1. The number of nitro groups is 1. The molecule has 0 heterocycles. The predicted molar refractivity (Wildman–Crippen MR) is 70.4 cm³/mol. The van der Waals surface area contributed by atoms with Crippen LogP contribution in [0.4, 0.5) is 15.8 Å². The Labute approximate surface area is 106 Å². The summed E-state index contributed by atoms with van der Waals surface area (Å²) in [4.78, 5) is 10.3. The Balaban J connectivity index is 2.68. The fourth-order valence-electron chi connectivity index (χ4n) is 1.74. The van der Waals surface area contributed by atoms with Gasteiger partial charge in [-0.15, -0.1) is 0 Å². The average Bonchev–Trinajstić information content (AvgIpc) is 2.32. The largest absolute Gasteiger partial charge is 0.379 e. The second kappa shape index (κ2) is 6.93. The Morgan fingerprint density at radius 1 is 1.33 bits per heavy atom. The second-order valence-corrected chi connectivity index (χ2v) is 4.36. The minimum Gasteiger partial charge on any atom is -0.379 e. The van der Waals surface area contributed by atoms with E-state index in [9.17, 15) is 14.5 Å². The zero-order chi connectivity index (χ0) is 13.5. The molecular weight excluding hydrogens is 235 g/mol. The summed E-state index contributed by atoms with van der Waals surface area (Å²) < 4.78 is 13.3. The van der Waals surface area contributed by atoms with Crippen molar-refractivity contribution in [3.8, 4) is 0 Å². The monoisotopic (exact) mass is 254 g/mol. The normalized spacial score (nSPS) is 10.4. The van der Waals surface area contributed by atoms with Crippen LogP contribution in [0.25, 0.3) is 0 Å². The quantitative estimate of drug-likeness (QED) is 0.454. The van der Waals surface area contributed by atoms with Gasteiger partial charge >= 0.3 is 0 Å². The Bertz CT molecular complexity index is 422. The lowest BCUT2D eigenvalue weighted by Gasteiger charge is -2.08. The molecule has 0 spiro atoms. The molecule has 0 saturated carbocycles. The van der Waals surface area contributed by atoms with Crippen molar-refractivity contribution >= 4 is 11.4 Å². The molecule has 0 aliphatic carbocycles. The highest BCUT2D eigenvalue weighted by atomic mass is 19.1. The first kappa shape index (κ1) is 14.4. The van der Waals surface area contributed by atoms with Crippen molar-refractivity contribution in [1.29, 1.82) is 0 Å². The summed E-state index contributed by atoms with van der Waals surface area (Å²) in [5.41, 5.74) is 0.612. The SMILES string of the molecule is CCCCCCNc1cc(C)c(F)cc1[N+](=O)[O-]. The van der Waals surface area contributed by atoms with Gasteiger partial charge in [-0.1, -0.05) is 26.2 Å². The molecule has 0 saturated heterocycles. The standard InChI is InChI=1S/C13H19FN2O2/c1-3-4-5-6-7-15-12-8-10(2)11(14)9-13(12)16(17)18/h8-9,15H,3-7H2,1-2H3. The zero-order valence-electron chi connectivity index (χ0n) is 10.8. The number of nitrogens with one attached hydrogen (secondary N) is 1. The molecule has 0 unspecified atom stereocenters. The molecule has 1 aromatic rings. The third-order valence-corrected chi connectivity index (χ3v) is 2.82. The van der Waals surface area contributed by atoms with Crippen LogP contribution in [0.2, 0.25) is 0 Å². The summed E-state index contributed by atoms with van der Waals surface area (Å²) in [5.74, 6) is -0.543. The summed E-state index contributed by atoms with van der Waals surface area (Å²) in [6, 6.07) is 2.47. The topological polar surface area (TPSA) is 55.2 Å². The maximum atomic E-state index is 13.3. The van der Waals surface area contributed by atoms with E-state index < -0.39 is 10.7 Å². The van der Waals surface area contributed by atoms with Crippen molar-refractivity contribution in [2.75, 3.05) is 11.9 Å². The molecule has 0 fully saturated rings. The molecule has 0 bridgehead atoms. The third kappa shape index (κ3) is 3.98. The van der Waals surface area contributed by atoms with Gasteiger partial charge in [0.05, 0.1) is 11.0 Å². The summed E-state index contributed by atoms with van der Waals surface area (Å²) in [5, 5.41) is 13.8. The van der Waals surface area contributed by atoms with Crippen LogP contribution < -0.4 is 5.32 Å². The van der Waals surface area contributed by atoms with E-state index in [1.807, 2.05) is 0 Å². The number of hydrogen-bond acceptors (Lipinski definition) is 3. The van der Waals surface area contributed by atoms with Crippen LogP contribution in [0.5, 0.6) is 0 Å². The smallest absolute Gasteiger partial charge is 0.295 e. The van der Waals surface area contributed by atoms with Crippen LogP contribution >= 0.6 is 0 Å². The first-order valence-electron chi connectivity index (χ1n) is 6.24. The molecule has 0 aromatic heterocycles. The van der Waals surface area contributed by atoms with Crippen LogP contribution in [-0.4, -0.2) is 11.5 Å². The van der Waals surface area contributed by atoms with Crippen molar-refractivity contribution in [3.05, 3.63) is 33.6 Å². The molecule has 100 valence electrons. The van der Waals surface area contributed by atoms with E-state index in [1.54, 1.807) is 6.92 Å². The van der Waals surface area contributed by atoms with Crippen LogP contribution in [0.3, 0.4) is 0 Å². The highest BCUT2D eigenvalue weighted by Gasteiger charge is 2.16. The number of unbranched alkanes of at least 4 members (excludes halogenated alkanes) is 3. The maximum Gasteiger partial charge on any atom is 0.295 e. The lowest BCUT2D eigenvalue weighted by atomic mass is 10.1. The molecule has 1 N–H and O–H groups in total. The van der Waals surface area contributed by atoms with Gasteiger partial charge in [0.25, 0.3) is 5.69 Å². The van der Waals surface area contributed by atoms with Gasteiger partial charge in [-0.05, 0) is 25.0 Å². The van der Waals surface area contributed by atoms with Gasteiger partial charge < -0.3 is 5.32 Å². The van der Waals surface area contributed by atoms with E-state index in [4.69, 9.17) is 0 Å². The van der Waals surface area contributed by atoms with Crippen LogP contribution in [-0.2, 0) is 0 Å². The van der Waals surface area contributed by atoms with E-state index in [2.05, 4.69) is 12.2 Å². The first-order chi connectivity index (χ1) is 8.56. The number of hydrogen-bond donors (Lipinski definition) is 1. The second-order valence-electron chi connectivity index (χ2n) is 4.36. The van der Waals surface area contributed by atoms with Gasteiger partial charge in [0.15, 0.2) is 0 Å². The van der Waals surface area contributed by atoms with Crippen molar-refractivity contribution < 1.29 is 9.31 Å². The summed E-state index contributed by atoms with van der Waals surface area (Å²) in [6.45, 7) is 4.40. The van der Waals surface area contributed by atoms with E-state index >= 15 is 0 Å². The third-order valence-electron chi connectivity index (χ3n) is 2.82. The molecule has 0 aliphatic heterocycles. The molecule has 0 amide bonds. The van der Waals surface area contributed by atoms with Crippen molar-refractivity contribution in [2.24, 2.45) is 0 Å². The highest BCUT2D eigenvalue weighted by molar-refractivity contribution is 5.63. The maximum absolute atomic E-state index is 13.3. The number of rotatable bonds is 7. The number of halogens is 1. The highest BCUT2D eigenvalue weighted by Crippen LogP contribution is 2.27. The number of nitrogens with zero attached hydrogens (tertiary/aromatic N) is 1. The Kier molecular flexibility index (Phi) is 5.55. The molecule has 4 nitrogen and oxygen atoms in total. The molecule has 0 aliphatic rings. The molecule has 0 atom stereocenters. The van der Waals surface area contributed by atoms with E-state index in [0.717, 1.165) is 31.7 Å². The fraction of sp³-hybridized carbons (Fsp3) is 0.538. The van der Waals surface area contributed by atoms with Crippen LogP contribution in [0, 0.1) is 22.9 Å². The molecule has 18 heavy (non-hydrogen) atoms. The molecule has 0 radical (unpaired) electrons. The predicted octanol–water partition coefficient (Wildman–Crippen LogP) is 4.03. The lowest BCUT2D eigenvalue weighted by molar-refractivity contribution is -0.384. The van der Waals surface area contributed by atoms with E-state index in [1.165, 1.54) is 6.07 Å². The molecule has 1 aromatic carbocycles. The van der Waals surface area contributed by atoms with Gasteiger partial charge in [0.2, 0.25) is 0 Å². The lowest BCUT2D eigenvalue weighted by Crippen LogP contribution is -2.05. The van der Waals surface area contributed by atoms with Crippen molar-refractivity contribution in [2.45, 2.75) is 39.5 Å². The minimum absolute atomic E-state index is 0.200. The number of nitro benzene ring substituents is 1. The van der Waals surface area contributed by atoms with Gasteiger partial charge in [-0.3, -0.25) is 10.1 Å². The first-order valence-corrected chi connectivity index (χ1v) is 6.24. The average molecular weight is 254 g/mol. The van der Waals surface area contributed by atoms with Gasteiger partial charge in [0.1, 0.15) is 11.5 Å². The van der Waals surface area contributed by atoms with Crippen molar-refractivity contribution in [3.63, 3.8) is 0 Å². The zero-order valence-corrected chi connectivity index (χ0v) is 10.8. The fourth-order valence-corrected chi connectivity index (χ4v) is 1.74. The summed E-state index contributed by atoms with van der Waals surface area (Å²) in [7, 11) is 0. The summed E-state index contributed by atoms with van der Waals surface area (Å²) in [6.07, 6.45) is 4.36. The van der Waals surface area contributed by atoms with Crippen LogP contribution in [0.15, 0.2) is 12.1 Å². The van der Waals surface area contributed by atoms with Crippen LogP contribution in [0.1, 0.15) is 38.2 Å². The molecular formula is C13H19FN2O2. The van der Waals surface area contributed by atoms with Gasteiger partial charge in [-0.2, -0.15) is 0 Å². The van der Waals surface area contributed by atoms with Crippen molar-refractivity contribution in [1.82, 2.24) is 0 Å². The van der Waals surface area contributed by atoms with Gasteiger partial charge in [0, 0.05) is 6.54 Å². The molecule has 5 heteroatoms. The number of aryl methyl sites for hydroxylation is 1. The van der Waals surface area contributed by atoms with E-state index in [-0.39, 0.29) is 5.69 Å². The Morgan fingerprint density at radius 2 is 2.06 bits per heavy atom. The van der Waals surface area contributed by atoms with E-state index in [0.29, 0.717) is 17.8 Å². The van der Waals surface area contributed by atoms with Gasteiger partial charge in [-0.25, -0.2) is 4.39 Å². The number of benzene rings is 1. The molecule has 1 rings (SSSR count).